The number of halogens is 1. The van der Waals surface area contributed by atoms with Crippen molar-refractivity contribution >= 4 is 23.4 Å². The van der Waals surface area contributed by atoms with Crippen LogP contribution in [0, 0.1) is 0 Å². The van der Waals surface area contributed by atoms with Crippen molar-refractivity contribution in [3.63, 3.8) is 0 Å². The van der Waals surface area contributed by atoms with Gasteiger partial charge < -0.3 is 5.32 Å². The van der Waals surface area contributed by atoms with Gasteiger partial charge in [-0.2, -0.15) is 16.9 Å². The third kappa shape index (κ3) is 2.49. The summed E-state index contributed by atoms with van der Waals surface area (Å²) in [4.78, 5) is 0. The highest BCUT2D eigenvalue weighted by molar-refractivity contribution is 8.00. The first-order valence-electron chi connectivity index (χ1n) is 6.13. The Morgan fingerprint density at radius 2 is 2.47 bits per heavy atom. The Morgan fingerprint density at radius 1 is 1.71 bits per heavy atom. The van der Waals surface area contributed by atoms with E-state index in [1.165, 1.54) is 18.6 Å². The van der Waals surface area contributed by atoms with Gasteiger partial charge in [0.15, 0.2) is 0 Å². The normalized spacial score (nSPS) is 26.4. The second-order valence-corrected chi connectivity index (χ2v) is 6.79. The van der Waals surface area contributed by atoms with Crippen LogP contribution in [0.1, 0.15) is 38.4 Å². The lowest BCUT2D eigenvalue weighted by atomic mass is 9.93. The molecular formula is C12H20ClN3S. The summed E-state index contributed by atoms with van der Waals surface area (Å²) in [6.45, 7) is 5.42. The quantitative estimate of drug-likeness (QED) is 0.915. The monoisotopic (exact) mass is 273 g/mol. The minimum atomic E-state index is 0.230. The van der Waals surface area contributed by atoms with Gasteiger partial charge in [0.2, 0.25) is 0 Å². The molecule has 17 heavy (non-hydrogen) atoms. The Kier molecular flexibility index (Phi) is 4.06. The molecule has 1 fully saturated rings. The maximum Gasteiger partial charge on any atom is 0.0834 e. The van der Waals surface area contributed by atoms with Crippen LogP contribution >= 0.6 is 23.4 Å². The van der Waals surface area contributed by atoms with Crippen molar-refractivity contribution in [3.8, 4) is 0 Å². The Bertz CT molecular complexity index is 366. The van der Waals surface area contributed by atoms with Gasteiger partial charge in [-0.05, 0) is 32.1 Å². The minimum absolute atomic E-state index is 0.230. The smallest absolute Gasteiger partial charge is 0.0834 e. The number of nitrogens with one attached hydrogen (secondary N) is 1. The van der Waals surface area contributed by atoms with Crippen LogP contribution in [-0.2, 0) is 7.05 Å². The van der Waals surface area contributed by atoms with Crippen molar-refractivity contribution in [2.75, 3.05) is 12.3 Å². The Balaban J connectivity index is 2.35. The van der Waals surface area contributed by atoms with Crippen LogP contribution in [0.5, 0.6) is 0 Å². The molecule has 1 N–H and O–H groups in total. The van der Waals surface area contributed by atoms with E-state index in [-0.39, 0.29) is 10.8 Å². The van der Waals surface area contributed by atoms with Crippen LogP contribution < -0.4 is 5.32 Å². The lowest BCUT2D eigenvalue weighted by Gasteiger charge is -2.34. The van der Waals surface area contributed by atoms with Crippen LogP contribution in [0.15, 0.2) is 6.20 Å². The highest BCUT2D eigenvalue weighted by Crippen LogP contribution is 2.47. The Morgan fingerprint density at radius 3 is 2.94 bits per heavy atom. The number of aryl methyl sites for hydroxylation is 1. The average Bonchev–Trinajstić information content (AvgIpc) is 2.85. The molecule has 1 aromatic rings. The second-order valence-electron chi connectivity index (χ2n) is 4.76. The van der Waals surface area contributed by atoms with E-state index < -0.39 is 0 Å². The third-order valence-electron chi connectivity index (χ3n) is 3.48. The number of nitrogens with zero attached hydrogens (tertiary/aromatic N) is 2. The van der Waals surface area contributed by atoms with Crippen molar-refractivity contribution in [3.05, 3.63) is 16.9 Å². The molecule has 0 amide bonds. The molecule has 1 aliphatic heterocycles. The number of aromatic nitrogens is 2. The van der Waals surface area contributed by atoms with E-state index in [4.69, 9.17) is 11.6 Å². The van der Waals surface area contributed by atoms with Crippen molar-refractivity contribution in [2.45, 2.75) is 37.5 Å². The molecule has 2 heterocycles. The van der Waals surface area contributed by atoms with E-state index >= 15 is 0 Å². The van der Waals surface area contributed by atoms with Crippen molar-refractivity contribution in [2.24, 2.45) is 7.05 Å². The molecule has 0 radical (unpaired) electrons. The van der Waals surface area contributed by atoms with Crippen molar-refractivity contribution < 1.29 is 0 Å². The molecule has 2 unspecified atom stereocenters. The van der Waals surface area contributed by atoms with E-state index in [1.54, 1.807) is 6.20 Å². The van der Waals surface area contributed by atoms with Gasteiger partial charge in [-0.25, -0.2) is 0 Å². The Hall–Kier alpha value is -0.190. The zero-order chi connectivity index (χ0) is 12.5. The summed E-state index contributed by atoms with van der Waals surface area (Å²) in [5.41, 5.74) is 1.12. The van der Waals surface area contributed by atoms with E-state index in [2.05, 4.69) is 24.3 Å². The standard InChI is InChI=1S/C12H20ClN3S/c1-4-14-11(12(2)6-5-7-17-12)10-9(13)8-15-16(10)3/h8,11,14H,4-7H2,1-3H3. The first kappa shape index (κ1) is 13.2. The van der Waals surface area contributed by atoms with Gasteiger partial charge in [-0.1, -0.05) is 18.5 Å². The summed E-state index contributed by atoms with van der Waals surface area (Å²) >= 11 is 8.33. The molecule has 96 valence electrons. The van der Waals surface area contributed by atoms with Crippen molar-refractivity contribution in [1.29, 1.82) is 0 Å². The lowest BCUT2D eigenvalue weighted by Crippen LogP contribution is -2.39. The largest absolute Gasteiger partial charge is 0.308 e. The summed E-state index contributed by atoms with van der Waals surface area (Å²) in [5.74, 6) is 1.24. The minimum Gasteiger partial charge on any atom is -0.308 e. The van der Waals surface area contributed by atoms with Crippen molar-refractivity contribution in [1.82, 2.24) is 15.1 Å². The van der Waals surface area contributed by atoms with Crippen LogP contribution in [0.25, 0.3) is 0 Å². The summed E-state index contributed by atoms with van der Waals surface area (Å²) in [7, 11) is 1.97. The maximum absolute atomic E-state index is 6.28. The molecule has 2 rings (SSSR count). The fourth-order valence-electron chi connectivity index (χ4n) is 2.58. The summed E-state index contributed by atoms with van der Waals surface area (Å²) < 4.78 is 2.13. The molecule has 0 spiro atoms. The molecule has 0 aromatic carbocycles. The number of hydrogen-bond acceptors (Lipinski definition) is 3. The number of rotatable bonds is 4. The molecule has 2 atom stereocenters. The number of hydrogen-bond donors (Lipinski definition) is 1. The molecule has 1 aliphatic rings. The number of thioether (sulfide) groups is 1. The van der Waals surface area contributed by atoms with Crippen LogP contribution in [0.3, 0.4) is 0 Å². The van der Waals surface area contributed by atoms with Gasteiger partial charge in [-0.3, -0.25) is 4.68 Å². The van der Waals surface area contributed by atoms with E-state index in [9.17, 15) is 0 Å². The molecule has 3 nitrogen and oxygen atoms in total. The van der Waals surface area contributed by atoms with Gasteiger partial charge in [0.05, 0.1) is 23.0 Å². The lowest BCUT2D eigenvalue weighted by molar-refractivity contribution is 0.400. The Labute approximate surface area is 112 Å². The predicted molar refractivity (Wildman–Crippen MR) is 74.7 cm³/mol. The SMILES string of the molecule is CCNC(c1c(Cl)cnn1C)C1(C)CCCS1. The van der Waals surface area contributed by atoms with Crippen LogP contribution in [0.4, 0.5) is 0 Å². The molecule has 1 saturated heterocycles. The van der Waals surface area contributed by atoms with Crippen LogP contribution in [-0.4, -0.2) is 26.8 Å². The highest BCUT2D eigenvalue weighted by Gasteiger charge is 2.40. The van der Waals surface area contributed by atoms with Gasteiger partial charge in [0, 0.05) is 11.8 Å². The fraction of sp³-hybridized carbons (Fsp3) is 0.750. The summed E-state index contributed by atoms with van der Waals surface area (Å²) in [6, 6.07) is 0.278. The summed E-state index contributed by atoms with van der Waals surface area (Å²) in [5, 5.41) is 8.61. The van der Waals surface area contributed by atoms with Gasteiger partial charge in [0.1, 0.15) is 0 Å². The molecule has 0 saturated carbocycles. The molecule has 5 heteroatoms. The van der Waals surface area contributed by atoms with Crippen LogP contribution in [0.2, 0.25) is 5.02 Å². The predicted octanol–water partition coefficient (Wildman–Crippen LogP) is 3.01. The molecule has 0 aliphatic carbocycles. The van der Waals surface area contributed by atoms with Gasteiger partial charge in [0.25, 0.3) is 0 Å². The summed E-state index contributed by atoms with van der Waals surface area (Å²) in [6.07, 6.45) is 4.26. The second kappa shape index (κ2) is 5.21. The molecular weight excluding hydrogens is 254 g/mol. The average molecular weight is 274 g/mol. The zero-order valence-corrected chi connectivity index (χ0v) is 12.2. The third-order valence-corrected chi connectivity index (χ3v) is 5.36. The van der Waals surface area contributed by atoms with Gasteiger partial charge in [-0.15, -0.1) is 0 Å². The molecule has 0 bridgehead atoms. The first-order valence-corrected chi connectivity index (χ1v) is 7.49. The maximum atomic E-state index is 6.28. The van der Waals surface area contributed by atoms with E-state index in [1.807, 2.05) is 23.5 Å². The zero-order valence-electron chi connectivity index (χ0n) is 10.7. The topological polar surface area (TPSA) is 29.9 Å². The van der Waals surface area contributed by atoms with E-state index in [0.29, 0.717) is 0 Å². The van der Waals surface area contributed by atoms with E-state index in [0.717, 1.165) is 17.3 Å². The first-order chi connectivity index (χ1) is 8.08. The molecule has 1 aromatic heterocycles. The van der Waals surface area contributed by atoms with Gasteiger partial charge >= 0.3 is 0 Å². The highest BCUT2D eigenvalue weighted by atomic mass is 35.5. The fourth-order valence-corrected chi connectivity index (χ4v) is 4.26.